The van der Waals surface area contributed by atoms with Gasteiger partial charge in [0, 0.05) is 24.7 Å². The largest absolute Gasteiger partial charge is 0.385 e. The number of Topliss-reactive ketones (excluding diaryl/α,β-unsaturated/α-hetero) is 1. The molecule has 2 heterocycles. The summed E-state index contributed by atoms with van der Waals surface area (Å²) in [4.78, 5) is 24.4. The van der Waals surface area contributed by atoms with Crippen LogP contribution in [-0.4, -0.2) is 40.0 Å². The van der Waals surface area contributed by atoms with E-state index in [-0.39, 0.29) is 17.2 Å². The van der Waals surface area contributed by atoms with Gasteiger partial charge >= 0.3 is 5.69 Å². The number of halogens is 1. The van der Waals surface area contributed by atoms with Crippen molar-refractivity contribution in [3.05, 3.63) is 31.3 Å². The normalized spacial score (nSPS) is 11.0. The van der Waals surface area contributed by atoms with Crippen LogP contribution in [0.3, 0.4) is 0 Å². The summed E-state index contributed by atoms with van der Waals surface area (Å²) < 4.78 is 7.30. The van der Waals surface area contributed by atoms with E-state index in [0.29, 0.717) is 29.6 Å². The van der Waals surface area contributed by atoms with Crippen LogP contribution in [0.4, 0.5) is 0 Å². The van der Waals surface area contributed by atoms with Crippen LogP contribution in [0, 0.1) is 0 Å². The average Bonchev–Trinajstić information content (AvgIpc) is 3.04. The molecule has 0 aliphatic rings. The first-order chi connectivity index (χ1) is 10.1. The summed E-state index contributed by atoms with van der Waals surface area (Å²) in [5, 5.41) is 8.75. The lowest BCUT2D eigenvalue weighted by Crippen LogP contribution is -2.18. The molecule has 21 heavy (non-hydrogen) atoms. The molecule has 0 fully saturated rings. The molecule has 2 aromatic rings. The number of aromatic amines is 1. The van der Waals surface area contributed by atoms with Crippen molar-refractivity contribution in [3.8, 4) is 0 Å². The number of carbonyl (C=O) groups excluding carboxylic acids is 1. The van der Waals surface area contributed by atoms with E-state index >= 15 is 0 Å². The Morgan fingerprint density at radius 2 is 2.43 bits per heavy atom. The van der Waals surface area contributed by atoms with E-state index < -0.39 is 0 Å². The zero-order valence-electron chi connectivity index (χ0n) is 11.3. The molecule has 0 amide bonds. The highest BCUT2D eigenvalue weighted by Crippen LogP contribution is 2.25. The SMILES string of the molecule is COCCCn1c(SCC(=O)c2sccc2Br)n[nH]c1=O. The quantitative estimate of drug-likeness (QED) is 0.424. The van der Waals surface area contributed by atoms with E-state index in [9.17, 15) is 9.59 Å². The Balaban J connectivity index is 1.99. The molecule has 114 valence electrons. The van der Waals surface area contributed by atoms with E-state index in [1.165, 1.54) is 27.7 Å². The van der Waals surface area contributed by atoms with Gasteiger partial charge in [-0.15, -0.1) is 16.4 Å². The van der Waals surface area contributed by atoms with Gasteiger partial charge in [0.25, 0.3) is 0 Å². The van der Waals surface area contributed by atoms with Crippen LogP contribution in [0.1, 0.15) is 16.1 Å². The number of hydrogen-bond acceptors (Lipinski definition) is 6. The number of nitrogens with one attached hydrogen (secondary N) is 1. The van der Waals surface area contributed by atoms with Crippen LogP contribution < -0.4 is 5.69 Å². The zero-order valence-corrected chi connectivity index (χ0v) is 14.5. The van der Waals surface area contributed by atoms with Gasteiger partial charge in [-0.2, -0.15) is 0 Å². The maximum absolute atomic E-state index is 12.1. The van der Waals surface area contributed by atoms with Crippen molar-refractivity contribution in [1.29, 1.82) is 0 Å². The third-order valence-corrected chi connectivity index (χ3v) is 5.51. The molecule has 0 radical (unpaired) electrons. The Labute approximate surface area is 138 Å². The van der Waals surface area contributed by atoms with E-state index in [1.807, 2.05) is 11.4 Å². The second-order valence-electron chi connectivity index (χ2n) is 4.12. The first-order valence-corrected chi connectivity index (χ1v) is 8.82. The number of methoxy groups -OCH3 is 1. The van der Waals surface area contributed by atoms with Crippen molar-refractivity contribution < 1.29 is 9.53 Å². The first kappa shape index (κ1) is 16.5. The predicted octanol–water partition coefficient (Wildman–Crippen LogP) is 2.41. The highest BCUT2D eigenvalue weighted by Gasteiger charge is 2.15. The van der Waals surface area contributed by atoms with E-state index in [4.69, 9.17) is 4.74 Å². The van der Waals surface area contributed by atoms with Crippen molar-refractivity contribution in [2.24, 2.45) is 0 Å². The number of ether oxygens (including phenoxy) is 1. The lowest BCUT2D eigenvalue weighted by Gasteiger charge is -2.04. The molecule has 2 aromatic heterocycles. The minimum absolute atomic E-state index is 0.0146. The minimum Gasteiger partial charge on any atom is -0.385 e. The minimum atomic E-state index is -0.265. The molecule has 0 saturated heterocycles. The lowest BCUT2D eigenvalue weighted by atomic mass is 10.3. The molecule has 0 unspecified atom stereocenters. The predicted molar refractivity (Wildman–Crippen MR) is 86.4 cm³/mol. The molecule has 1 N–H and O–H groups in total. The number of thiophene rings is 1. The van der Waals surface area contributed by atoms with Gasteiger partial charge in [-0.05, 0) is 33.8 Å². The number of hydrogen-bond donors (Lipinski definition) is 1. The fraction of sp³-hybridized carbons (Fsp3) is 0.417. The Morgan fingerprint density at radius 1 is 1.62 bits per heavy atom. The smallest absolute Gasteiger partial charge is 0.343 e. The Bertz CT molecular complexity index is 665. The summed E-state index contributed by atoms with van der Waals surface area (Å²) in [7, 11) is 1.62. The summed E-state index contributed by atoms with van der Waals surface area (Å²) in [5.41, 5.74) is -0.265. The Morgan fingerprint density at radius 3 is 3.10 bits per heavy atom. The third kappa shape index (κ3) is 4.29. The molecule has 0 spiro atoms. The Kier molecular flexibility index (Phi) is 6.22. The van der Waals surface area contributed by atoms with Gasteiger partial charge in [0.05, 0.1) is 10.6 Å². The number of rotatable bonds is 8. The van der Waals surface area contributed by atoms with Crippen molar-refractivity contribution >= 4 is 44.8 Å². The van der Waals surface area contributed by atoms with Crippen molar-refractivity contribution in [1.82, 2.24) is 14.8 Å². The van der Waals surface area contributed by atoms with Crippen LogP contribution in [0.15, 0.2) is 25.9 Å². The molecule has 2 rings (SSSR count). The molecular formula is C12H14BrN3O3S2. The van der Waals surface area contributed by atoms with Crippen molar-refractivity contribution in [3.63, 3.8) is 0 Å². The van der Waals surface area contributed by atoms with E-state index in [2.05, 4.69) is 26.1 Å². The second-order valence-corrected chi connectivity index (χ2v) is 6.83. The molecule has 6 nitrogen and oxygen atoms in total. The summed E-state index contributed by atoms with van der Waals surface area (Å²) in [6.07, 6.45) is 0.716. The molecule has 0 aliphatic heterocycles. The number of H-pyrrole nitrogens is 1. The monoisotopic (exact) mass is 391 g/mol. The topological polar surface area (TPSA) is 77.0 Å². The van der Waals surface area contributed by atoms with E-state index in [0.717, 1.165) is 4.47 Å². The van der Waals surface area contributed by atoms with Crippen LogP contribution in [0.2, 0.25) is 0 Å². The number of aromatic nitrogens is 3. The van der Waals surface area contributed by atoms with Gasteiger partial charge < -0.3 is 4.74 Å². The van der Waals surface area contributed by atoms with Crippen LogP contribution in [-0.2, 0) is 11.3 Å². The summed E-state index contributed by atoms with van der Waals surface area (Å²) in [6.45, 7) is 1.09. The fourth-order valence-electron chi connectivity index (χ4n) is 1.67. The van der Waals surface area contributed by atoms with Crippen molar-refractivity contribution in [2.75, 3.05) is 19.5 Å². The first-order valence-electron chi connectivity index (χ1n) is 6.16. The Hall–Kier alpha value is -0.900. The van der Waals surface area contributed by atoms with E-state index in [1.54, 1.807) is 7.11 Å². The average molecular weight is 392 g/mol. The standard InChI is InChI=1S/C12H14BrN3O3S2/c1-19-5-2-4-16-11(18)14-15-12(16)21-7-9(17)10-8(13)3-6-20-10/h3,6H,2,4-5,7H2,1H3,(H,14,18). The van der Waals surface area contributed by atoms with Gasteiger partial charge in [-0.25, -0.2) is 9.89 Å². The molecule has 0 atom stereocenters. The second kappa shape index (κ2) is 7.92. The van der Waals surface area contributed by atoms with Gasteiger partial charge in [0.1, 0.15) is 0 Å². The zero-order chi connectivity index (χ0) is 15.2. The third-order valence-electron chi connectivity index (χ3n) is 2.66. The maximum atomic E-state index is 12.1. The summed E-state index contributed by atoms with van der Waals surface area (Å²) in [5.74, 6) is 0.258. The molecule has 0 aromatic carbocycles. The van der Waals surface area contributed by atoms with Crippen LogP contribution in [0.5, 0.6) is 0 Å². The number of carbonyl (C=O) groups is 1. The van der Waals surface area contributed by atoms with Crippen LogP contribution in [0.25, 0.3) is 0 Å². The van der Waals surface area contributed by atoms with Gasteiger partial charge in [-0.3, -0.25) is 9.36 Å². The molecule has 9 heteroatoms. The highest BCUT2D eigenvalue weighted by atomic mass is 79.9. The summed E-state index contributed by atoms with van der Waals surface area (Å²) in [6, 6.07) is 1.85. The molecular weight excluding hydrogens is 378 g/mol. The number of ketones is 1. The van der Waals surface area contributed by atoms with Gasteiger partial charge in [0.2, 0.25) is 0 Å². The highest BCUT2D eigenvalue weighted by molar-refractivity contribution is 9.10. The van der Waals surface area contributed by atoms with Gasteiger partial charge in [-0.1, -0.05) is 11.8 Å². The van der Waals surface area contributed by atoms with Gasteiger partial charge in [0.15, 0.2) is 10.9 Å². The van der Waals surface area contributed by atoms with Crippen molar-refractivity contribution in [2.45, 2.75) is 18.1 Å². The lowest BCUT2D eigenvalue weighted by molar-refractivity contribution is 0.102. The summed E-state index contributed by atoms with van der Waals surface area (Å²) >= 11 is 6.00. The van der Waals surface area contributed by atoms with Crippen LogP contribution >= 0.6 is 39.0 Å². The number of thioether (sulfide) groups is 1. The number of nitrogens with zero attached hydrogens (tertiary/aromatic N) is 2. The molecule has 0 bridgehead atoms. The molecule has 0 saturated carbocycles. The molecule has 0 aliphatic carbocycles. The maximum Gasteiger partial charge on any atom is 0.343 e. The fourth-order valence-corrected chi connectivity index (χ4v) is 4.14.